The van der Waals surface area contributed by atoms with Crippen LogP contribution in [-0.2, 0) is 11.3 Å². The van der Waals surface area contributed by atoms with Gasteiger partial charge in [0.25, 0.3) is 0 Å². The van der Waals surface area contributed by atoms with Gasteiger partial charge >= 0.3 is 5.97 Å². The Morgan fingerprint density at radius 2 is 2.07 bits per heavy atom. The molecule has 0 bridgehead atoms. The summed E-state index contributed by atoms with van der Waals surface area (Å²) in [6.45, 7) is 1.58. The number of benzene rings is 1. The maximum absolute atomic E-state index is 11.0. The van der Waals surface area contributed by atoms with Crippen molar-refractivity contribution < 1.29 is 9.90 Å². The summed E-state index contributed by atoms with van der Waals surface area (Å²) in [6, 6.07) is 9.80. The maximum atomic E-state index is 11.0. The smallest absolute Gasteiger partial charge is 0.326 e. The van der Waals surface area contributed by atoms with Gasteiger partial charge in [0.1, 0.15) is 5.54 Å². The first-order chi connectivity index (χ1) is 7.23. The molecule has 0 unspecified atom stereocenters. The molecule has 0 saturated carbocycles. The summed E-state index contributed by atoms with van der Waals surface area (Å²) in [5.41, 5.74) is 0.334. The van der Waals surface area contributed by atoms with E-state index in [1.807, 2.05) is 30.3 Å². The SMILES string of the molecule is O=C(O)C1(NCc2ccccc2)CNC1. The van der Waals surface area contributed by atoms with E-state index in [4.69, 9.17) is 5.11 Å². The normalized spacial score (nSPS) is 18.1. The van der Waals surface area contributed by atoms with Gasteiger partial charge in [-0.25, -0.2) is 0 Å². The van der Waals surface area contributed by atoms with Crippen molar-refractivity contribution in [1.82, 2.24) is 10.6 Å². The Morgan fingerprint density at radius 3 is 2.53 bits per heavy atom. The van der Waals surface area contributed by atoms with Crippen LogP contribution in [0.25, 0.3) is 0 Å². The topological polar surface area (TPSA) is 61.4 Å². The summed E-state index contributed by atoms with van der Waals surface area (Å²) >= 11 is 0. The second kappa shape index (κ2) is 4.00. The van der Waals surface area contributed by atoms with Gasteiger partial charge in [0.05, 0.1) is 0 Å². The van der Waals surface area contributed by atoms with Gasteiger partial charge in [0.2, 0.25) is 0 Å². The van der Waals surface area contributed by atoms with Crippen molar-refractivity contribution in [3.8, 4) is 0 Å². The van der Waals surface area contributed by atoms with Crippen LogP contribution in [0.2, 0.25) is 0 Å². The Kier molecular flexibility index (Phi) is 2.70. The largest absolute Gasteiger partial charge is 0.480 e. The lowest BCUT2D eigenvalue weighted by atomic mass is 9.92. The van der Waals surface area contributed by atoms with Crippen molar-refractivity contribution in [2.24, 2.45) is 0 Å². The van der Waals surface area contributed by atoms with Crippen molar-refractivity contribution >= 4 is 5.97 Å². The van der Waals surface area contributed by atoms with Crippen LogP contribution in [0.4, 0.5) is 0 Å². The van der Waals surface area contributed by atoms with E-state index in [1.165, 1.54) is 0 Å². The van der Waals surface area contributed by atoms with Crippen LogP contribution in [0.1, 0.15) is 5.56 Å². The average molecular weight is 206 g/mol. The van der Waals surface area contributed by atoms with Crippen molar-refractivity contribution in [1.29, 1.82) is 0 Å². The molecule has 0 atom stereocenters. The lowest BCUT2D eigenvalue weighted by molar-refractivity contribution is -0.147. The molecule has 15 heavy (non-hydrogen) atoms. The molecule has 0 aromatic heterocycles. The average Bonchev–Trinajstić information content (AvgIpc) is 2.17. The first kappa shape index (κ1) is 10.1. The summed E-state index contributed by atoms with van der Waals surface area (Å²) in [5.74, 6) is -0.780. The molecule has 0 amide bonds. The minimum absolute atomic E-state index is 0.495. The minimum Gasteiger partial charge on any atom is -0.480 e. The zero-order chi connectivity index (χ0) is 10.7. The third kappa shape index (κ3) is 2.00. The molecule has 1 aromatic rings. The van der Waals surface area contributed by atoms with Crippen molar-refractivity contribution in [2.45, 2.75) is 12.1 Å². The van der Waals surface area contributed by atoms with Gasteiger partial charge in [-0.15, -0.1) is 0 Å². The van der Waals surface area contributed by atoms with Crippen molar-refractivity contribution in [3.63, 3.8) is 0 Å². The fraction of sp³-hybridized carbons (Fsp3) is 0.364. The Balaban J connectivity index is 1.95. The Labute approximate surface area is 88.3 Å². The number of aliphatic carboxylic acids is 1. The molecule has 1 heterocycles. The molecule has 1 aliphatic heterocycles. The molecular formula is C11H14N2O2. The van der Waals surface area contributed by atoms with E-state index < -0.39 is 11.5 Å². The first-order valence-corrected chi connectivity index (χ1v) is 4.96. The number of hydrogen-bond donors (Lipinski definition) is 3. The van der Waals surface area contributed by atoms with E-state index >= 15 is 0 Å². The molecule has 80 valence electrons. The fourth-order valence-corrected chi connectivity index (χ4v) is 1.59. The lowest BCUT2D eigenvalue weighted by Crippen LogP contribution is -2.71. The van der Waals surface area contributed by atoms with Crippen LogP contribution in [0.3, 0.4) is 0 Å². The van der Waals surface area contributed by atoms with Crippen LogP contribution < -0.4 is 10.6 Å². The highest BCUT2D eigenvalue weighted by molar-refractivity contribution is 5.81. The molecule has 0 aliphatic carbocycles. The summed E-state index contributed by atoms with van der Waals surface area (Å²) in [6.07, 6.45) is 0. The molecule has 3 N–H and O–H groups in total. The molecule has 0 radical (unpaired) electrons. The van der Waals surface area contributed by atoms with Crippen LogP contribution in [0.15, 0.2) is 30.3 Å². The molecule has 1 aromatic carbocycles. The highest BCUT2D eigenvalue weighted by Crippen LogP contribution is 2.12. The third-order valence-corrected chi connectivity index (χ3v) is 2.74. The maximum Gasteiger partial charge on any atom is 0.326 e. The van der Waals surface area contributed by atoms with Gasteiger partial charge < -0.3 is 10.4 Å². The minimum atomic E-state index is -0.780. The van der Waals surface area contributed by atoms with E-state index in [1.54, 1.807) is 0 Å². The van der Waals surface area contributed by atoms with Gasteiger partial charge in [-0.2, -0.15) is 0 Å². The van der Waals surface area contributed by atoms with Crippen LogP contribution in [0, 0.1) is 0 Å². The van der Waals surface area contributed by atoms with E-state index in [-0.39, 0.29) is 0 Å². The Bertz CT molecular complexity index is 347. The molecule has 2 rings (SSSR count). The zero-order valence-electron chi connectivity index (χ0n) is 8.36. The highest BCUT2D eigenvalue weighted by Gasteiger charge is 2.43. The highest BCUT2D eigenvalue weighted by atomic mass is 16.4. The third-order valence-electron chi connectivity index (χ3n) is 2.74. The summed E-state index contributed by atoms with van der Waals surface area (Å²) in [5, 5.41) is 15.1. The Hall–Kier alpha value is -1.39. The quantitative estimate of drug-likeness (QED) is 0.658. The first-order valence-electron chi connectivity index (χ1n) is 4.96. The molecule has 0 spiro atoms. The molecule has 1 fully saturated rings. The second-order valence-electron chi connectivity index (χ2n) is 3.83. The zero-order valence-corrected chi connectivity index (χ0v) is 8.36. The number of carbonyl (C=O) groups is 1. The lowest BCUT2D eigenvalue weighted by Gasteiger charge is -2.39. The van der Waals surface area contributed by atoms with E-state index in [0.717, 1.165) is 5.56 Å². The predicted octanol–water partition coefficient (Wildman–Crippen LogP) is 0.203. The number of carboxylic acid groups (broad SMARTS) is 1. The van der Waals surface area contributed by atoms with Crippen molar-refractivity contribution in [2.75, 3.05) is 13.1 Å². The predicted molar refractivity (Wildman–Crippen MR) is 56.5 cm³/mol. The molecular weight excluding hydrogens is 192 g/mol. The number of hydrogen-bond acceptors (Lipinski definition) is 3. The van der Waals surface area contributed by atoms with Gasteiger partial charge in [-0.3, -0.25) is 10.1 Å². The molecule has 4 nitrogen and oxygen atoms in total. The summed E-state index contributed by atoms with van der Waals surface area (Å²) in [4.78, 5) is 11.0. The molecule has 4 heteroatoms. The fourth-order valence-electron chi connectivity index (χ4n) is 1.59. The van der Waals surface area contributed by atoms with Crippen LogP contribution in [-0.4, -0.2) is 29.7 Å². The monoisotopic (exact) mass is 206 g/mol. The van der Waals surface area contributed by atoms with E-state index in [9.17, 15) is 4.79 Å². The number of carboxylic acids is 1. The van der Waals surface area contributed by atoms with Gasteiger partial charge in [0.15, 0.2) is 0 Å². The molecule has 1 aliphatic rings. The second-order valence-corrected chi connectivity index (χ2v) is 3.83. The van der Waals surface area contributed by atoms with E-state index in [2.05, 4.69) is 10.6 Å². The van der Waals surface area contributed by atoms with Crippen molar-refractivity contribution in [3.05, 3.63) is 35.9 Å². The van der Waals surface area contributed by atoms with Gasteiger partial charge in [-0.1, -0.05) is 30.3 Å². The van der Waals surface area contributed by atoms with Crippen LogP contribution in [0.5, 0.6) is 0 Å². The number of nitrogens with one attached hydrogen (secondary N) is 2. The van der Waals surface area contributed by atoms with E-state index in [0.29, 0.717) is 19.6 Å². The molecule has 1 saturated heterocycles. The number of rotatable bonds is 4. The van der Waals surface area contributed by atoms with Gasteiger partial charge in [0, 0.05) is 19.6 Å². The Morgan fingerprint density at radius 1 is 1.40 bits per heavy atom. The standard InChI is InChI=1S/C11H14N2O2/c14-10(15)11(7-12-8-11)13-6-9-4-2-1-3-5-9/h1-5,12-13H,6-8H2,(H,14,15). The summed E-state index contributed by atoms with van der Waals surface area (Å²) < 4.78 is 0. The van der Waals surface area contributed by atoms with Gasteiger partial charge in [-0.05, 0) is 5.56 Å². The summed E-state index contributed by atoms with van der Waals surface area (Å²) in [7, 11) is 0. The van der Waals surface area contributed by atoms with Crippen LogP contribution >= 0.6 is 0 Å².